The van der Waals surface area contributed by atoms with Crippen molar-refractivity contribution in [3.63, 3.8) is 0 Å². The Morgan fingerprint density at radius 2 is 2.04 bits per heavy atom. The summed E-state index contributed by atoms with van der Waals surface area (Å²) < 4.78 is 16.6. The molecule has 1 N–H and O–H groups in total. The van der Waals surface area contributed by atoms with Crippen molar-refractivity contribution in [1.29, 1.82) is 0 Å². The molecule has 126 valence electrons. The van der Waals surface area contributed by atoms with E-state index < -0.39 is 6.10 Å². The predicted octanol–water partition coefficient (Wildman–Crippen LogP) is 2.80. The average Bonchev–Trinajstić information content (AvgIpc) is 3.21. The largest absolute Gasteiger partial charge is 0.485 e. The van der Waals surface area contributed by atoms with Crippen LogP contribution in [0.2, 0.25) is 0 Å². The Hall–Kier alpha value is -3.28. The van der Waals surface area contributed by atoms with Crippen molar-refractivity contribution in [2.45, 2.75) is 12.6 Å². The average molecular weight is 336 g/mol. The van der Waals surface area contributed by atoms with Crippen LogP contribution in [-0.4, -0.2) is 23.6 Å². The molecule has 1 unspecified atom stereocenters. The maximum Gasteiger partial charge on any atom is 0.264 e. The fourth-order valence-electron chi connectivity index (χ4n) is 2.60. The van der Waals surface area contributed by atoms with E-state index in [0.717, 1.165) is 11.3 Å². The second-order valence-corrected chi connectivity index (χ2v) is 5.61. The number of nitrogens with one attached hydrogen (secondary N) is 1. The minimum atomic E-state index is -0.665. The number of aromatic nitrogens is 1. The minimum absolute atomic E-state index is 0.191. The Balaban J connectivity index is 1.39. The molecule has 2 aromatic heterocycles. The topological polar surface area (TPSA) is 73.6 Å². The van der Waals surface area contributed by atoms with Gasteiger partial charge in [0.25, 0.3) is 5.91 Å². The van der Waals surface area contributed by atoms with Gasteiger partial charge in [-0.05, 0) is 42.0 Å². The van der Waals surface area contributed by atoms with Gasteiger partial charge in [0.15, 0.2) is 17.3 Å². The Morgan fingerprint density at radius 3 is 2.88 bits per heavy atom. The van der Waals surface area contributed by atoms with Crippen molar-refractivity contribution in [2.75, 3.05) is 6.61 Å². The molecule has 1 aliphatic heterocycles. The molecule has 1 atom stereocenters. The number of benzene rings is 1. The highest BCUT2D eigenvalue weighted by Gasteiger charge is 2.26. The van der Waals surface area contributed by atoms with Crippen LogP contribution in [0.1, 0.15) is 5.56 Å². The Labute approximate surface area is 144 Å². The van der Waals surface area contributed by atoms with Gasteiger partial charge < -0.3 is 19.2 Å². The second-order valence-electron chi connectivity index (χ2n) is 5.61. The third kappa shape index (κ3) is 3.33. The number of nitrogens with zero attached hydrogens (tertiary/aromatic N) is 1. The SMILES string of the molecule is O=C(NCc1ccnc(-c2ccco2)c1)C1COc2ccccc2O1. The molecule has 1 aliphatic rings. The summed E-state index contributed by atoms with van der Waals surface area (Å²) in [5.74, 6) is 1.71. The molecule has 0 saturated heterocycles. The molecule has 3 aromatic rings. The van der Waals surface area contributed by atoms with Gasteiger partial charge in [0.2, 0.25) is 6.10 Å². The Kier molecular flexibility index (Phi) is 4.08. The normalized spacial score (nSPS) is 15.6. The van der Waals surface area contributed by atoms with Gasteiger partial charge in [-0.3, -0.25) is 9.78 Å². The molecule has 1 aromatic carbocycles. The fourth-order valence-corrected chi connectivity index (χ4v) is 2.60. The van der Waals surface area contributed by atoms with E-state index in [9.17, 15) is 4.79 Å². The van der Waals surface area contributed by atoms with Gasteiger partial charge >= 0.3 is 0 Å². The lowest BCUT2D eigenvalue weighted by Gasteiger charge is -2.25. The molecule has 6 nitrogen and oxygen atoms in total. The fraction of sp³-hybridized carbons (Fsp3) is 0.158. The lowest BCUT2D eigenvalue weighted by molar-refractivity contribution is -0.130. The highest BCUT2D eigenvalue weighted by Crippen LogP contribution is 2.30. The zero-order valence-electron chi connectivity index (χ0n) is 13.3. The number of amides is 1. The molecule has 6 heteroatoms. The monoisotopic (exact) mass is 336 g/mol. The molecular weight excluding hydrogens is 320 g/mol. The van der Waals surface area contributed by atoms with Crippen LogP contribution in [0.3, 0.4) is 0 Å². The van der Waals surface area contributed by atoms with Crippen molar-refractivity contribution in [1.82, 2.24) is 10.3 Å². The summed E-state index contributed by atoms with van der Waals surface area (Å²) in [6.07, 6.45) is 2.63. The number of ether oxygens (including phenoxy) is 2. The third-order valence-electron chi connectivity index (χ3n) is 3.87. The lowest BCUT2D eigenvalue weighted by atomic mass is 10.2. The number of hydrogen-bond acceptors (Lipinski definition) is 5. The molecule has 0 radical (unpaired) electrons. The third-order valence-corrected chi connectivity index (χ3v) is 3.87. The van der Waals surface area contributed by atoms with E-state index in [4.69, 9.17) is 13.9 Å². The molecule has 0 spiro atoms. The number of pyridine rings is 1. The summed E-state index contributed by atoms with van der Waals surface area (Å²) in [4.78, 5) is 16.6. The van der Waals surface area contributed by atoms with Crippen LogP contribution in [-0.2, 0) is 11.3 Å². The highest BCUT2D eigenvalue weighted by atomic mass is 16.6. The first kappa shape index (κ1) is 15.3. The van der Waals surface area contributed by atoms with Crippen LogP contribution in [0.4, 0.5) is 0 Å². The van der Waals surface area contributed by atoms with E-state index in [1.54, 1.807) is 18.5 Å². The second kappa shape index (κ2) is 6.68. The van der Waals surface area contributed by atoms with Gasteiger partial charge in [0.05, 0.1) is 6.26 Å². The first-order valence-corrected chi connectivity index (χ1v) is 7.94. The zero-order chi connectivity index (χ0) is 17.1. The number of fused-ring (bicyclic) bond motifs is 1. The number of carbonyl (C=O) groups is 1. The highest BCUT2D eigenvalue weighted by molar-refractivity contribution is 5.81. The summed E-state index contributed by atoms with van der Waals surface area (Å²) >= 11 is 0. The van der Waals surface area contributed by atoms with Crippen LogP contribution in [0, 0.1) is 0 Å². The Bertz CT molecular complexity index is 877. The molecule has 25 heavy (non-hydrogen) atoms. The maximum absolute atomic E-state index is 12.3. The van der Waals surface area contributed by atoms with Crippen LogP contribution in [0.25, 0.3) is 11.5 Å². The maximum atomic E-state index is 12.3. The first-order valence-electron chi connectivity index (χ1n) is 7.94. The van der Waals surface area contributed by atoms with E-state index in [1.807, 2.05) is 42.5 Å². The molecule has 0 saturated carbocycles. The summed E-state index contributed by atoms with van der Waals surface area (Å²) in [5, 5.41) is 2.87. The molecule has 3 heterocycles. The van der Waals surface area contributed by atoms with Gasteiger partial charge in [0.1, 0.15) is 12.3 Å². The molecule has 0 bridgehead atoms. The Morgan fingerprint density at radius 1 is 1.16 bits per heavy atom. The van der Waals surface area contributed by atoms with Gasteiger partial charge in [-0.2, -0.15) is 0 Å². The quantitative estimate of drug-likeness (QED) is 0.793. The van der Waals surface area contributed by atoms with Crippen molar-refractivity contribution in [3.8, 4) is 23.0 Å². The van der Waals surface area contributed by atoms with Gasteiger partial charge in [-0.1, -0.05) is 12.1 Å². The molecular formula is C19H16N2O4. The van der Waals surface area contributed by atoms with E-state index in [1.165, 1.54) is 0 Å². The van der Waals surface area contributed by atoms with Gasteiger partial charge in [-0.15, -0.1) is 0 Å². The van der Waals surface area contributed by atoms with Crippen molar-refractivity contribution < 1.29 is 18.7 Å². The number of furan rings is 1. The number of rotatable bonds is 4. The van der Waals surface area contributed by atoms with Gasteiger partial charge in [-0.25, -0.2) is 0 Å². The van der Waals surface area contributed by atoms with Crippen LogP contribution >= 0.6 is 0 Å². The van der Waals surface area contributed by atoms with Crippen LogP contribution in [0.5, 0.6) is 11.5 Å². The predicted molar refractivity (Wildman–Crippen MR) is 90.1 cm³/mol. The van der Waals surface area contributed by atoms with E-state index in [-0.39, 0.29) is 12.5 Å². The summed E-state index contributed by atoms with van der Waals surface area (Å²) in [6, 6.07) is 14.7. The van der Waals surface area contributed by atoms with Crippen LogP contribution < -0.4 is 14.8 Å². The number of hydrogen-bond donors (Lipinski definition) is 1. The standard InChI is InChI=1S/C19H16N2O4/c22-19(18-12-24-16-4-1-2-5-17(16)25-18)21-11-13-7-8-20-14(10-13)15-6-3-9-23-15/h1-10,18H,11-12H2,(H,21,22). The summed E-state index contributed by atoms with van der Waals surface area (Å²) in [5.41, 5.74) is 1.65. The number of para-hydroxylation sites is 2. The van der Waals surface area contributed by atoms with E-state index in [2.05, 4.69) is 10.3 Å². The lowest BCUT2D eigenvalue weighted by Crippen LogP contribution is -2.43. The van der Waals surface area contributed by atoms with E-state index >= 15 is 0 Å². The first-order chi connectivity index (χ1) is 12.3. The number of carbonyl (C=O) groups excluding carboxylic acids is 1. The molecule has 0 fully saturated rings. The van der Waals surface area contributed by atoms with Crippen molar-refractivity contribution in [3.05, 3.63) is 66.6 Å². The minimum Gasteiger partial charge on any atom is -0.485 e. The molecule has 4 rings (SSSR count). The zero-order valence-corrected chi connectivity index (χ0v) is 13.3. The summed E-state index contributed by atoms with van der Waals surface area (Å²) in [7, 11) is 0. The van der Waals surface area contributed by atoms with Gasteiger partial charge in [0, 0.05) is 12.7 Å². The smallest absolute Gasteiger partial charge is 0.264 e. The van der Waals surface area contributed by atoms with Crippen molar-refractivity contribution in [2.24, 2.45) is 0 Å². The van der Waals surface area contributed by atoms with Crippen LogP contribution in [0.15, 0.2) is 65.4 Å². The van der Waals surface area contributed by atoms with E-state index in [0.29, 0.717) is 23.8 Å². The summed E-state index contributed by atoms with van der Waals surface area (Å²) in [6.45, 7) is 0.563. The molecule has 1 amide bonds. The van der Waals surface area contributed by atoms with Crippen molar-refractivity contribution >= 4 is 5.91 Å². The molecule has 0 aliphatic carbocycles.